The molecule has 0 saturated heterocycles. The van der Waals surface area contributed by atoms with Crippen LogP contribution >= 0.6 is 11.3 Å². The zero-order valence-corrected chi connectivity index (χ0v) is 14.7. The van der Waals surface area contributed by atoms with Gasteiger partial charge in [0, 0.05) is 30.2 Å². The molecule has 2 aromatic rings. The number of fused-ring (bicyclic) bond motifs is 1. The summed E-state index contributed by atoms with van der Waals surface area (Å²) in [5.74, 6) is 0. The molecule has 4 nitrogen and oxygen atoms in total. The van der Waals surface area contributed by atoms with Crippen molar-refractivity contribution in [2.24, 2.45) is 0 Å². The molecule has 0 radical (unpaired) electrons. The van der Waals surface area contributed by atoms with E-state index in [1.807, 2.05) is 6.20 Å². The Morgan fingerprint density at radius 2 is 2.09 bits per heavy atom. The zero-order valence-electron chi connectivity index (χ0n) is 13.9. The SMILES string of the molecule is CN(C)Cc1cnc(CN(CCO)C2CCc3ccccc32)s1. The van der Waals surface area contributed by atoms with Crippen LogP contribution in [-0.2, 0) is 19.5 Å². The van der Waals surface area contributed by atoms with Crippen molar-refractivity contribution < 1.29 is 5.11 Å². The number of hydrogen-bond donors (Lipinski definition) is 1. The second-order valence-corrected chi connectivity index (χ2v) is 7.61. The lowest BCUT2D eigenvalue weighted by molar-refractivity contribution is 0.142. The van der Waals surface area contributed by atoms with E-state index in [0.29, 0.717) is 12.6 Å². The maximum atomic E-state index is 9.48. The van der Waals surface area contributed by atoms with Crippen molar-refractivity contribution in [2.45, 2.75) is 32.0 Å². The van der Waals surface area contributed by atoms with Crippen molar-refractivity contribution in [3.8, 4) is 0 Å². The van der Waals surface area contributed by atoms with Crippen molar-refractivity contribution in [1.29, 1.82) is 0 Å². The average molecular weight is 331 g/mol. The largest absolute Gasteiger partial charge is 0.395 e. The molecular formula is C18H25N3OS. The zero-order chi connectivity index (χ0) is 16.2. The molecular weight excluding hydrogens is 306 g/mol. The van der Waals surface area contributed by atoms with Crippen LogP contribution in [0.5, 0.6) is 0 Å². The van der Waals surface area contributed by atoms with Gasteiger partial charge in [-0.3, -0.25) is 4.90 Å². The van der Waals surface area contributed by atoms with Crippen LogP contribution < -0.4 is 0 Å². The highest BCUT2D eigenvalue weighted by atomic mass is 32.1. The van der Waals surface area contributed by atoms with E-state index in [1.165, 1.54) is 16.0 Å². The van der Waals surface area contributed by atoms with Crippen LogP contribution in [0.1, 0.15) is 33.5 Å². The van der Waals surface area contributed by atoms with Gasteiger partial charge < -0.3 is 10.0 Å². The van der Waals surface area contributed by atoms with Crippen LogP contribution in [-0.4, -0.2) is 47.1 Å². The highest BCUT2D eigenvalue weighted by Crippen LogP contribution is 2.36. The Hall–Kier alpha value is -1.27. The fraction of sp³-hybridized carbons (Fsp3) is 0.500. The van der Waals surface area contributed by atoms with E-state index < -0.39 is 0 Å². The Morgan fingerprint density at radius 3 is 2.87 bits per heavy atom. The predicted octanol–water partition coefficient (Wildman–Crippen LogP) is 2.69. The first-order valence-electron chi connectivity index (χ1n) is 8.18. The number of hydrogen-bond acceptors (Lipinski definition) is 5. The van der Waals surface area contributed by atoms with Gasteiger partial charge in [0.15, 0.2) is 0 Å². The third-order valence-electron chi connectivity index (χ3n) is 4.34. The first-order valence-corrected chi connectivity index (χ1v) is 9.00. The third kappa shape index (κ3) is 3.98. The van der Waals surface area contributed by atoms with Gasteiger partial charge >= 0.3 is 0 Å². The number of thiazole rings is 1. The summed E-state index contributed by atoms with van der Waals surface area (Å²) in [4.78, 5) is 10.4. The van der Waals surface area contributed by atoms with Gasteiger partial charge in [0.05, 0.1) is 13.2 Å². The summed E-state index contributed by atoms with van der Waals surface area (Å²) >= 11 is 1.78. The van der Waals surface area contributed by atoms with E-state index in [1.54, 1.807) is 11.3 Å². The third-order valence-corrected chi connectivity index (χ3v) is 5.31. The predicted molar refractivity (Wildman–Crippen MR) is 94.5 cm³/mol. The van der Waals surface area contributed by atoms with E-state index in [9.17, 15) is 5.11 Å². The lowest BCUT2D eigenvalue weighted by atomic mass is 10.1. The standard InChI is InChI=1S/C18H25N3OS/c1-20(2)12-15-11-19-18(23-15)13-21(9-10-22)17-8-7-14-5-3-4-6-16(14)17/h3-6,11,17,22H,7-10,12-13H2,1-2H3. The van der Waals surface area contributed by atoms with Gasteiger partial charge in [-0.1, -0.05) is 24.3 Å². The van der Waals surface area contributed by atoms with Crippen LogP contribution in [0.4, 0.5) is 0 Å². The molecule has 1 aromatic heterocycles. The molecule has 3 rings (SSSR count). The number of rotatable bonds is 7. The Labute approximate surface area is 142 Å². The lowest BCUT2D eigenvalue weighted by Gasteiger charge is -2.28. The van der Waals surface area contributed by atoms with Crippen LogP contribution in [0.3, 0.4) is 0 Å². The molecule has 5 heteroatoms. The van der Waals surface area contributed by atoms with Gasteiger partial charge in [0.2, 0.25) is 0 Å². The molecule has 1 heterocycles. The molecule has 0 saturated carbocycles. The Bertz CT molecular complexity index is 641. The molecule has 1 N–H and O–H groups in total. The first kappa shape index (κ1) is 16.6. The molecule has 0 amide bonds. The van der Waals surface area contributed by atoms with Crippen LogP contribution in [0.2, 0.25) is 0 Å². The number of aryl methyl sites for hydroxylation is 1. The van der Waals surface area contributed by atoms with Gasteiger partial charge in [-0.15, -0.1) is 11.3 Å². The lowest BCUT2D eigenvalue weighted by Crippen LogP contribution is -2.30. The fourth-order valence-corrected chi connectivity index (χ4v) is 4.43. The van der Waals surface area contributed by atoms with Gasteiger partial charge in [-0.25, -0.2) is 4.98 Å². The molecule has 0 bridgehead atoms. The van der Waals surface area contributed by atoms with Crippen molar-refractivity contribution in [3.05, 3.63) is 51.5 Å². The molecule has 1 unspecified atom stereocenters. The normalized spacial score (nSPS) is 17.2. The van der Waals surface area contributed by atoms with Crippen LogP contribution in [0.15, 0.2) is 30.5 Å². The minimum Gasteiger partial charge on any atom is -0.395 e. The van der Waals surface area contributed by atoms with Crippen molar-refractivity contribution >= 4 is 11.3 Å². The number of benzene rings is 1. The van der Waals surface area contributed by atoms with E-state index >= 15 is 0 Å². The quantitative estimate of drug-likeness (QED) is 0.847. The van der Waals surface area contributed by atoms with Crippen molar-refractivity contribution in [3.63, 3.8) is 0 Å². The van der Waals surface area contributed by atoms with E-state index in [2.05, 4.69) is 53.1 Å². The van der Waals surface area contributed by atoms with Crippen molar-refractivity contribution in [2.75, 3.05) is 27.2 Å². The summed E-state index contributed by atoms with van der Waals surface area (Å²) in [6.45, 7) is 2.64. The number of aliphatic hydroxyl groups is 1. The van der Waals surface area contributed by atoms with E-state index in [0.717, 1.165) is 30.9 Å². The Morgan fingerprint density at radius 1 is 1.26 bits per heavy atom. The minimum absolute atomic E-state index is 0.189. The topological polar surface area (TPSA) is 39.6 Å². The fourth-order valence-electron chi connectivity index (χ4n) is 3.37. The molecule has 1 aromatic carbocycles. The second-order valence-electron chi connectivity index (χ2n) is 6.41. The molecule has 0 fully saturated rings. The van der Waals surface area contributed by atoms with Crippen LogP contribution in [0, 0.1) is 0 Å². The second kappa shape index (κ2) is 7.53. The molecule has 124 valence electrons. The van der Waals surface area contributed by atoms with Crippen LogP contribution in [0.25, 0.3) is 0 Å². The van der Waals surface area contributed by atoms with E-state index in [4.69, 9.17) is 0 Å². The van der Waals surface area contributed by atoms with Gasteiger partial charge in [0.1, 0.15) is 5.01 Å². The number of nitrogens with zero attached hydrogens (tertiary/aromatic N) is 3. The number of aliphatic hydroxyl groups excluding tert-OH is 1. The summed E-state index contributed by atoms with van der Waals surface area (Å²) in [5.41, 5.74) is 2.87. The molecule has 1 atom stereocenters. The summed E-state index contributed by atoms with van der Waals surface area (Å²) < 4.78 is 0. The van der Waals surface area contributed by atoms with Gasteiger partial charge in [0.25, 0.3) is 0 Å². The summed E-state index contributed by atoms with van der Waals surface area (Å²) in [5, 5.41) is 10.6. The Balaban J connectivity index is 1.74. The highest BCUT2D eigenvalue weighted by molar-refractivity contribution is 7.11. The summed E-state index contributed by atoms with van der Waals surface area (Å²) in [6, 6.07) is 9.10. The number of aromatic nitrogens is 1. The first-order chi connectivity index (χ1) is 11.2. The molecule has 0 spiro atoms. The van der Waals surface area contributed by atoms with Gasteiger partial charge in [-0.05, 0) is 38.1 Å². The smallest absolute Gasteiger partial charge is 0.107 e. The summed E-state index contributed by atoms with van der Waals surface area (Å²) in [6.07, 6.45) is 4.25. The average Bonchev–Trinajstić information content (AvgIpc) is 3.13. The highest BCUT2D eigenvalue weighted by Gasteiger charge is 2.27. The summed E-state index contributed by atoms with van der Waals surface area (Å²) in [7, 11) is 4.15. The molecule has 0 aliphatic heterocycles. The minimum atomic E-state index is 0.189. The maximum Gasteiger partial charge on any atom is 0.107 e. The Kier molecular flexibility index (Phi) is 5.43. The molecule has 1 aliphatic carbocycles. The molecule has 23 heavy (non-hydrogen) atoms. The van der Waals surface area contributed by atoms with Crippen molar-refractivity contribution in [1.82, 2.24) is 14.8 Å². The maximum absolute atomic E-state index is 9.48. The monoisotopic (exact) mass is 331 g/mol. The van der Waals surface area contributed by atoms with E-state index in [-0.39, 0.29) is 6.61 Å². The molecule has 1 aliphatic rings. The van der Waals surface area contributed by atoms with Gasteiger partial charge in [-0.2, -0.15) is 0 Å².